The van der Waals surface area contributed by atoms with Crippen LogP contribution in [0.4, 0.5) is 5.69 Å². The Morgan fingerprint density at radius 2 is 1.85 bits per heavy atom. The molecule has 1 aliphatic carbocycles. The van der Waals surface area contributed by atoms with Gasteiger partial charge in [-0.05, 0) is 49.2 Å². The number of nitrogens with two attached hydrogens (primary N) is 1. The Morgan fingerprint density at radius 1 is 1.08 bits per heavy atom. The number of benzene rings is 2. The zero-order valence-corrected chi connectivity index (χ0v) is 13.8. The monoisotopic (exact) mass is 348 g/mol. The molecule has 1 aliphatic rings. The van der Waals surface area contributed by atoms with Crippen molar-refractivity contribution >= 4 is 17.5 Å². The minimum absolute atomic E-state index is 0.0468. The highest BCUT2D eigenvalue weighted by molar-refractivity contribution is 5.94. The molecule has 1 saturated carbocycles. The maximum absolute atomic E-state index is 11.9. The summed E-state index contributed by atoms with van der Waals surface area (Å²) in [4.78, 5) is 27.4. The van der Waals surface area contributed by atoms with E-state index >= 15 is 0 Å². The van der Waals surface area contributed by atoms with E-state index in [1.165, 1.54) is 0 Å². The van der Waals surface area contributed by atoms with Crippen molar-refractivity contribution in [3.8, 4) is 22.8 Å². The summed E-state index contributed by atoms with van der Waals surface area (Å²) >= 11 is 0. The number of amides is 2. The predicted octanol–water partition coefficient (Wildman–Crippen LogP) is 2.85. The number of hydrogen-bond donors (Lipinski definition) is 2. The molecule has 0 saturated heterocycles. The number of rotatable bonds is 5. The molecule has 3 aromatic rings. The van der Waals surface area contributed by atoms with Gasteiger partial charge in [0.1, 0.15) is 0 Å². The van der Waals surface area contributed by atoms with Gasteiger partial charge in [0.05, 0.1) is 0 Å². The first-order valence-electron chi connectivity index (χ1n) is 8.25. The molecular formula is C19H16N4O3. The Kier molecular flexibility index (Phi) is 3.96. The van der Waals surface area contributed by atoms with Gasteiger partial charge >= 0.3 is 0 Å². The minimum atomic E-state index is -0.493. The fraction of sp³-hybridized carbons (Fsp3) is 0.158. The molecule has 0 aliphatic heterocycles. The van der Waals surface area contributed by atoms with E-state index in [1.54, 1.807) is 24.3 Å². The van der Waals surface area contributed by atoms with Crippen molar-refractivity contribution in [1.82, 2.24) is 10.1 Å². The molecule has 130 valence electrons. The molecule has 4 rings (SSSR count). The van der Waals surface area contributed by atoms with Crippen LogP contribution in [0.1, 0.15) is 23.2 Å². The summed E-state index contributed by atoms with van der Waals surface area (Å²) in [5.41, 5.74) is 7.77. The predicted molar refractivity (Wildman–Crippen MR) is 95.0 cm³/mol. The van der Waals surface area contributed by atoms with Gasteiger partial charge in [-0.2, -0.15) is 4.98 Å². The molecule has 7 heteroatoms. The highest BCUT2D eigenvalue weighted by Crippen LogP contribution is 2.31. The molecule has 0 radical (unpaired) electrons. The average molecular weight is 348 g/mol. The molecular weight excluding hydrogens is 332 g/mol. The van der Waals surface area contributed by atoms with Gasteiger partial charge in [0.25, 0.3) is 5.89 Å². The van der Waals surface area contributed by atoms with E-state index in [0.717, 1.165) is 18.4 Å². The maximum Gasteiger partial charge on any atom is 0.258 e. The number of nitrogens with one attached hydrogen (secondary N) is 1. The Bertz CT molecular complexity index is 974. The minimum Gasteiger partial charge on any atom is -0.366 e. The third-order valence-corrected chi connectivity index (χ3v) is 4.18. The average Bonchev–Trinajstić information content (AvgIpc) is 3.39. The summed E-state index contributed by atoms with van der Waals surface area (Å²) < 4.78 is 5.31. The van der Waals surface area contributed by atoms with Gasteiger partial charge in [0, 0.05) is 28.3 Å². The SMILES string of the molecule is NC(=O)c1ccc(-c2nc(-c3cccc(NC(=O)C4CC4)c3)no2)cc1. The molecule has 26 heavy (non-hydrogen) atoms. The smallest absolute Gasteiger partial charge is 0.258 e. The molecule has 0 atom stereocenters. The highest BCUT2D eigenvalue weighted by Gasteiger charge is 2.29. The third kappa shape index (κ3) is 3.32. The van der Waals surface area contributed by atoms with Crippen molar-refractivity contribution in [1.29, 1.82) is 0 Å². The van der Waals surface area contributed by atoms with Gasteiger partial charge in [0.2, 0.25) is 17.6 Å². The molecule has 2 aromatic carbocycles. The van der Waals surface area contributed by atoms with Crippen LogP contribution < -0.4 is 11.1 Å². The van der Waals surface area contributed by atoms with E-state index < -0.39 is 5.91 Å². The van der Waals surface area contributed by atoms with E-state index in [-0.39, 0.29) is 11.8 Å². The number of aromatic nitrogens is 2. The highest BCUT2D eigenvalue weighted by atomic mass is 16.5. The van der Waals surface area contributed by atoms with Crippen LogP contribution in [-0.4, -0.2) is 22.0 Å². The van der Waals surface area contributed by atoms with Crippen molar-refractivity contribution in [3.05, 3.63) is 54.1 Å². The quantitative estimate of drug-likeness (QED) is 0.736. The van der Waals surface area contributed by atoms with Gasteiger partial charge in [-0.15, -0.1) is 0 Å². The molecule has 1 heterocycles. The summed E-state index contributed by atoms with van der Waals surface area (Å²) in [6, 6.07) is 13.9. The summed E-state index contributed by atoms with van der Waals surface area (Å²) in [6.07, 6.45) is 1.91. The van der Waals surface area contributed by atoms with Crippen LogP contribution in [0.2, 0.25) is 0 Å². The van der Waals surface area contributed by atoms with E-state index in [4.69, 9.17) is 10.3 Å². The first-order chi connectivity index (χ1) is 12.6. The van der Waals surface area contributed by atoms with E-state index in [2.05, 4.69) is 15.5 Å². The first-order valence-corrected chi connectivity index (χ1v) is 8.25. The normalized spacial score (nSPS) is 13.4. The zero-order chi connectivity index (χ0) is 18.1. The van der Waals surface area contributed by atoms with Gasteiger partial charge < -0.3 is 15.6 Å². The number of hydrogen-bond acceptors (Lipinski definition) is 5. The van der Waals surface area contributed by atoms with Crippen LogP contribution in [-0.2, 0) is 4.79 Å². The first kappa shape index (κ1) is 16.0. The molecule has 0 unspecified atom stereocenters. The van der Waals surface area contributed by atoms with E-state index in [9.17, 15) is 9.59 Å². The fourth-order valence-electron chi connectivity index (χ4n) is 2.56. The maximum atomic E-state index is 11.9. The third-order valence-electron chi connectivity index (χ3n) is 4.18. The molecule has 1 fully saturated rings. The molecule has 2 amide bonds. The van der Waals surface area contributed by atoms with E-state index in [1.807, 2.05) is 24.3 Å². The summed E-state index contributed by atoms with van der Waals surface area (Å²) in [5, 5.41) is 6.90. The lowest BCUT2D eigenvalue weighted by atomic mass is 10.1. The lowest BCUT2D eigenvalue weighted by molar-refractivity contribution is -0.117. The molecule has 0 spiro atoms. The van der Waals surface area contributed by atoms with Gasteiger partial charge in [-0.3, -0.25) is 9.59 Å². The Morgan fingerprint density at radius 3 is 2.54 bits per heavy atom. The second-order valence-electron chi connectivity index (χ2n) is 6.21. The van der Waals surface area contributed by atoms with Crippen molar-refractivity contribution < 1.29 is 14.1 Å². The van der Waals surface area contributed by atoms with Crippen LogP contribution in [0.3, 0.4) is 0 Å². The van der Waals surface area contributed by atoms with Crippen molar-refractivity contribution in [2.75, 3.05) is 5.32 Å². The van der Waals surface area contributed by atoms with Crippen LogP contribution >= 0.6 is 0 Å². The summed E-state index contributed by atoms with van der Waals surface area (Å²) in [7, 11) is 0. The van der Waals surface area contributed by atoms with E-state index in [0.29, 0.717) is 28.5 Å². The lowest BCUT2D eigenvalue weighted by Gasteiger charge is -2.04. The number of nitrogens with zero attached hydrogens (tertiary/aromatic N) is 2. The van der Waals surface area contributed by atoms with Crippen LogP contribution in [0, 0.1) is 5.92 Å². The number of anilines is 1. The molecule has 1 aromatic heterocycles. The standard InChI is InChI=1S/C19H16N4O3/c20-16(24)11-4-8-13(9-5-11)19-22-17(23-26-19)14-2-1-3-15(10-14)21-18(25)12-6-7-12/h1-5,8-10,12H,6-7H2,(H2,20,24)(H,21,25). The fourth-order valence-corrected chi connectivity index (χ4v) is 2.56. The number of carbonyl (C=O) groups excluding carboxylic acids is 2. The van der Waals surface area contributed by atoms with Crippen molar-refractivity contribution in [2.24, 2.45) is 11.7 Å². The van der Waals surface area contributed by atoms with Gasteiger partial charge in [0.15, 0.2) is 0 Å². The molecule has 7 nitrogen and oxygen atoms in total. The number of primary amides is 1. The summed E-state index contributed by atoms with van der Waals surface area (Å²) in [5.74, 6) is 0.446. The van der Waals surface area contributed by atoms with Gasteiger partial charge in [-0.25, -0.2) is 0 Å². The Balaban J connectivity index is 1.55. The molecule has 3 N–H and O–H groups in total. The van der Waals surface area contributed by atoms with Crippen LogP contribution in [0.5, 0.6) is 0 Å². The zero-order valence-electron chi connectivity index (χ0n) is 13.8. The topological polar surface area (TPSA) is 111 Å². The van der Waals surface area contributed by atoms with Crippen LogP contribution in [0.25, 0.3) is 22.8 Å². The van der Waals surface area contributed by atoms with Crippen molar-refractivity contribution in [3.63, 3.8) is 0 Å². The second-order valence-corrected chi connectivity index (χ2v) is 6.21. The second kappa shape index (κ2) is 6.44. The Labute approximate surface area is 149 Å². The largest absolute Gasteiger partial charge is 0.366 e. The lowest BCUT2D eigenvalue weighted by Crippen LogP contribution is -2.13. The molecule has 0 bridgehead atoms. The summed E-state index contributed by atoms with van der Waals surface area (Å²) in [6.45, 7) is 0. The van der Waals surface area contributed by atoms with Crippen LogP contribution in [0.15, 0.2) is 53.1 Å². The van der Waals surface area contributed by atoms with Gasteiger partial charge in [-0.1, -0.05) is 17.3 Å². The van der Waals surface area contributed by atoms with Crippen molar-refractivity contribution in [2.45, 2.75) is 12.8 Å². The number of carbonyl (C=O) groups is 2. The Hall–Kier alpha value is -3.48.